The minimum absolute atomic E-state index is 0. The number of aliphatic hydroxyl groups is 2. The van der Waals surface area contributed by atoms with Crippen molar-refractivity contribution in [2.24, 2.45) is 0 Å². The van der Waals surface area contributed by atoms with Gasteiger partial charge in [-0.05, 0) is 0 Å². The van der Waals surface area contributed by atoms with Crippen molar-refractivity contribution in [1.82, 2.24) is 19.5 Å². The van der Waals surface area contributed by atoms with Crippen LogP contribution in [0.4, 0.5) is 5.82 Å². The van der Waals surface area contributed by atoms with Crippen LogP contribution in [0.5, 0.6) is 0 Å². The van der Waals surface area contributed by atoms with E-state index in [-0.39, 0.29) is 68.4 Å². The molecule has 0 radical (unpaired) electrons. The van der Waals surface area contributed by atoms with Crippen molar-refractivity contribution in [3.8, 4) is 0 Å². The van der Waals surface area contributed by atoms with Crippen molar-refractivity contribution in [2.45, 2.75) is 24.5 Å². The van der Waals surface area contributed by atoms with Crippen molar-refractivity contribution >= 4 is 24.8 Å². The van der Waals surface area contributed by atoms with Crippen molar-refractivity contribution in [1.29, 1.82) is 0 Å². The third-order valence-electron chi connectivity index (χ3n) is 3.40. The van der Waals surface area contributed by atoms with Gasteiger partial charge in [0.2, 0.25) is 0 Å². The number of aromatic nitrogens is 4. The maximum atomic E-state index is 10.6. The second-order valence-electron chi connectivity index (χ2n) is 4.89. The molecule has 3 heterocycles. The fourth-order valence-electron chi connectivity index (χ4n) is 2.32. The Morgan fingerprint density at radius 2 is 2.08 bits per heavy atom. The smallest absolute Gasteiger partial charge is 0.756 e. The molecule has 2 aromatic heterocycles. The number of nitrogens with zero attached hydrogens (tertiary/aromatic N) is 4. The first-order valence-electron chi connectivity index (χ1n) is 6.41. The van der Waals surface area contributed by atoms with Crippen molar-refractivity contribution in [3.63, 3.8) is 0 Å². The molecule has 5 atom stereocenters. The summed E-state index contributed by atoms with van der Waals surface area (Å²) in [6, 6.07) is 0. The third-order valence-corrected chi connectivity index (χ3v) is 3.88. The van der Waals surface area contributed by atoms with E-state index in [0.717, 1.165) is 0 Å². The van der Waals surface area contributed by atoms with Crippen molar-refractivity contribution < 1.29 is 85.2 Å². The predicted octanol–water partition coefficient (Wildman–Crippen LogP) is -5.49. The Morgan fingerprint density at radius 1 is 1.38 bits per heavy atom. The first-order chi connectivity index (χ1) is 10.8. The van der Waals surface area contributed by atoms with Gasteiger partial charge in [0.1, 0.15) is 30.2 Å². The molecule has 2 aromatic rings. The number of nitrogens with two attached hydrogens (primary N) is 1. The van der Waals surface area contributed by atoms with Crippen LogP contribution in [-0.4, -0.2) is 59.5 Å². The number of rotatable bonds is 4. The fraction of sp³-hybridized carbons (Fsp3) is 0.500. The molecule has 0 aromatic carbocycles. The average molecular weight is 385 g/mol. The Kier molecular flexibility index (Phi) is 6.50. The van der Waals surface area contributed by atoms with E-state index in [1.165, 1.54) is 17.2 Å². The van der Waals surface area contributed by atoms with Gasteiger partial charge >= 0.3 is 51.4 Å². The Balaban J connectivity index is 0.00000208. The van der Waals surface area contributed by atoms with Crippen LogP contribution in [0.15, 0.2) is 12.7 Å². The molecule has 1 saturated heterocycles. The molecular formula is C10H13KN5O7P. The van der Waals surface area contributed by atoms with Gasteiger partial charge in [-0.2, -0.15) is 0 Å². The zero-order valence-corrected chi connectivity index (χ0v) is 16.5. The number of hydrogen-bond donors (Lipinski definition) is 4. The second kappa shape index (κ2) is 7.69. The summed E-state index contributed by atoms with van der Waals surface area (Å²) in [6.45, 7) is -0.657. The number of ether oxygens (including phenoxy) is 1. The molecule has 24 heavy (non-hydrogen) atoms. The molecule has 0 amide bonds. The summed E-state index contributed by atoms with van der Waals surface area (Å²) in [5.74, 6) is 0.134. The quantitative estimate of drug-likeness (QED) is 0.290. The normalized spacial score (nSPS) is 29.3. The van der Waals surface area contributed by atoms with E-state index >= 15 is 0 Å². The van der Waals surface area contributed by atoms with Gasteiger partial charge in [-0.3, -0.25) is 9.13 Å². The molecular weight excluding hydrogens is 372 g/mol. The number of phosphoric ester groups is 1. The molecule has 1 aliphatic rings. The first-order valence-corrected chi connectivity index (χ1v) is 7.90. The van der Waals surface area contributed by atoms with Gasteiger partial charge in [-0.1, -0.05) is 0 Å². The maximum absolute atomic E-state index is 10.6. The minimum atomic E-state index is -4.97. The van der Waals surface area contributed by atoms with Gasteiger partial charge in [0.15, 0.2) is 17.7 Å². The standard InChI is InChI=1S/C10H14N5O7P.K/c11-8-5-9(13-2-12-8)15(3-14-5)10-7(17)6(16)4(22-10)1-21-23(18,19)20;/h2-4,6-7,10,16-17H,1H2,(H2,11,12,13)(H2,18,19,20);/q;+1/p-1/t4-,6-,7-,10-;/m1./s1. The van der Waals surface area contributed by atoms with Gasteiger partial charge in [0.05, 0.1) is 12.9 Å². The molecule has 1 aliphatic heterocycles. The summed E-state index contributed by atoms with van der Waals surface area (Å²) >= 11 is 0. The average Bonchev–Trinajstić information content (AvgIpc) is 3.01. The van der Waals surface area contributed by atoms with Gasteiger partial charge in [-0.25, -0.2) is 15.0 Å². The molecule has 1 fully saturated rings. The Labute approximate surface area is 177 Å². The monoisotopic (exact) mass is 385 g/mol. The topological polar surface area (TPSA) is 189 Å². The second-order valence-corrected chi connectivity index (χ2v) is 6.09. The summed E-state index contributed by atoms with van der Waals surface area (Å²) in [5.41, 5.74) is 6.22. The summed E-state index contributed by atoms with van der Waals surface area (Å²) in [6.07, 6.45) is -2.62. The molecule has 0 saturated carbocycles. The predicted molar refractivity (Wildman–Crippen MR) is 71.4 cm³/mol. The van der Waals surface area contributed by atoms with E-state index < -0.39 is 39.0 Å². The fourth-order valence-corrected chi connectivity index (χ4v) is 2.66. The largest absolute Gasteiger partial charge is 1.00 e. The molecule has 3 rings (SSSR count). The van der Waals surface area contributed by atoms with Gasteiger partial charge in [-0.15, -0.1) is 0 Å². The number of anilines is 1. The van der Waals surface area contributed by atoms with Crippen LogP contribution in [0.3, 0.4) is 0 Å². The number of nitrogen functional groups attached to an aromatic ring is 1. The molecule has 0 aliphatic carbocycles. The number of hydrogen-bond acceptors (Lipinski definition) is 10. The molecule has 126 valence electrons. The molecule has 0 spiro atoms. The van der Waals surface area contributed by atoms with Crippen LogP contribution >= 0.6 is 7.82 Å². The summed E-state index contributed by atoms with van der Waals surface area (Å²) in [4.78, 5) is 31.0. The summed E-state index contributed by atoms with van der Waals surface area (Å²) in [7, 11) is -4.97. The first kappa shape index (κ1) is 20.3. The van der Waals surface area contributed by atoms with Crippen LogP contribution in [0.1, 0.15) is 6.23 Å². The SMILES string of the molecule is Nc1ncnc2c1ncn2[C@@H]1O[C@H](COP(=O)([O-])O)[C@@H](O)[C@H]1O.[K+]. The third kappa shape index (κ3) is 4.03. The number of phosphoric acid groups is 1. The van der Waals surface area contributed by atoms with Crippen LogP contribution in [0.2, 0.25) is 0 Å². The van der Waals surface area contributed by atoms with E-state index in [9.17, 15) is 19.7 Å². The number of imidazole rings is 1. The maximum Gasteiger partial charge on any atom is 1.00 e. The Morgan fingerprint density at radius 3 is 2.75 bits per heavy atom. The van der Waals surface area contributed by atoms with Crippen LogP contribution < -0.4 is 62.0 Å². The molecule has 14 heteroatoms. The van der Waals surface area contributed by atoms with E-state index in [2.05, 4.69) is 19.5 Å². The van der Waals surface area contributed by atoms with Crippen LogP contribution in [0, 0.1) is 0 Å². The van der Waals surface area contributed by atoms with Crippen LogP contribution in [-0.2, 0) is 13.8 Å². The number of fused-ring (bicyclic) bond motifs is 1. The van der Waals surface area contributed by atoms with Gasteiger partial charge < -0.3 is 35.0 Å². The Hall–Kier alpha value is -0.0236. The molecule has 0 bridgehead atoms. The minimum Gasteiger partial charge on any atom is -0.756 e. The van der Waals surface area contributed by atoms with E-state index in [0.29, 0.717) is 0 Å². The summed E-state index contributed by atoms with van der Waals surface area (Å²) in [5, 5.41) is 20.0. The summed E-state index contributed by atoms with van der Waals surface area (Å²) < 4.78 is 21.5. The molecule has 5 N–H and O–H groups in total. The molecule has 1 unspecified atom stereocenters. The van der Waals surface area contributed by atoms with E-state index in [1.807, 2.05) is 0 Å². The van der Waals surface area contributed by atoms with Crippen molar-refractivity contribution in [2.75, 3.05) is 12.3 Å². The van der Waals surface area contributed by atoms with Gasteiger partial charge in [0, 0.05) is 0 Å². The zero-order valence-electron chi connectivity index (χ0n) is 12.5. The number of aliphatic hydroxyl groups excluding tert-OH is 2. The van der Waals surface area contributed by atoms with Crippen LogP contribution in [0.25, 0.3) is 11.2 Å². The van der Waals surface area contributed by atoms with Gasteiger partial charge in [0.25, 0.3) is 7.82 Å². The van der Waals surface area contributed by atoms with E-state index in [4.69, 9.17) is 15.4 Å². The van der Waals surface area contributed by atoms with Crippen molar-refractivity contribution in [3.05, 3.63) is 12.7 Å². The van der Waals surface area contributed by atoms with E-state index in [1.54, 1.807) is 0 Å². The Bertz CT molecular complexity index is 769. The zero-order chi connectivity index (χ0) is 16.8. The molecule has 12 nitrogen and oxygen atoms in total.